The Labute approximate surface area is 187 Å². The summed E-state index contributed by atoms with van der Waals surface area (Å²) in [5, 5.41) is 0. The third kappa shape index (κ3) is 4.08. The van der Waals surface area contributed by atoms with Crippen LogP contribution in [0.15, 0.2) is 78.9 Å². The zero-order valence-electron chi connectivity index (χ0n) is 17.8. The fourth-order valence-corrected chi connectivity index (χ4v) is 4.65. The third-order valence-corrected chi connectivity index (χ3v) is 6.62. The summed E-state index contributed by atoms with van der Waals surface area (Å²) in [6.45, 7) is 2.94. The van der Waals surface area contributed by atoms with E-state index in [9.17, 15) is 14.0 Å². The predicted molar refractivity (Wildman–Crippen MR) is 122 cm³/mol. The molecule has 1 atom stereocenters. The highest BCUT2D eigenvalue weighted by Crippen LogP contribution is 2.27. The first-order valence-electron chi connectivity index (χ1n) is 11.1. The molecule has 4 nitrogen and oxygen atoms in total. The summed E-state index contributed by atoms with van der Waals surface area (Å²) in [6, 6.07) is 24.0. The van der Waals surface area contributed by atoms with Crippen molar-refractivity contribution in [1.29, 1.82) is 0 Å². The Kier molecular flexibility index (Phi) is 5.58. The first-order chi connectivity index (χ1) is 15.6. The van der Waals surface area contributed by atoms with Crippen molar-refractivity contribution in [3.8, 4) is 11.1 Å². The average Bonchev–Trinajstić information content (AvgIpc) is 3.28. The number of carbonyl (C=O) groups is 2. The average molecular weight is 429 g/mol. The van der Waals surface area contributed by atoms with E-state index in [1.165, 1.54) is 12.1 Å². The lowest BCUT2D eigenvalue weighted by atomic mass is 9.97. The standard InChI is InChI=1S/C27H25FN2O2/c28-24-12-10-21(11-13-24)26(31)23-14-15-29(16-23)25-17-30(18-25)27(32)22-8-6-20(7-9-22)19-4-2-1-3-5-19/h1-13,23,25H,14-18H2/t23-/m0/s1. The fourth-order valence-electron chi connectivity index (χ4n) is 4.65. The maximum atomic E-state index is 13.1. The summed E-state index contributed by atoms with van der Waals surface area (Å²) < 4.78 is 13.1. The van der Waals surface area contributed by atoms with Gasteiger partial charge in [-0.25, -0.2) is 4.39 Å². The summed E-state index contributed by atoms with van der Waals surface area (Å²) in [5.74, 6) is -0.253. The number of benzene rings is 3. The minimum absolute atomic E-state index is 0.0546. The Morgan fingerprint density at radius 2 is 1.38 bits per heavy atom. The van der Waals surface area contributed by atoms with Crippen molar-refractivity contribution in [3.05, 3.63) is 95.8 Å². The Morgan fingerprint density at radius 3 is 2.06 bits per heavy atom. The van der Waals surface area contributed by atoms with E-state index >= 15 is 0 Å². The molecule has 3 aromatic rings. The molecule has 0 aromatic heterocycles. The predicted octanol–water partition coefficient (Wildman–Crippen LogP) is 4.52. The molecule has 0 unspecified atom stereocenters. The molecule has 0 spiro atoms. The van der Waals surface area contributed by atoms with E-state index in [0.29, 0.717) is 36.8 Å². The van der Waals surface area contributed by atoms with E-state index in [0.717, 1.165) is 24.1 Å². The van der Waals surface area contributed by atoms with E-state index in [4.69, 9.17) is 0 Å². The van der Waals surface area contributed by atoms with Crippen LogP contribution in [0.2, 0.25) is 0 Å². The SMILES string of the molecule is O=C(c1ccc(F)cc1)[C@H]1CCN(C2CN(C(=O)c3ccc(-c4ccccc4)cc3)C2)C1. The zero-order chi connectivity index (χ0) is 22.1. The van der Waals surface area contributed by atoms with Crippen LogP contribution in [-0.4, -0.2) is 53.7 Å². The fraction of sp³-hybridized carbons (Fsp3) is 0.259. The first-order valence-corrected chi connectivity index (χ1v) is 11.1. The zero-order valence-corrected chi connectivity index (χ0v) is 17.8. The minimum atomic E-state index is -0.330. The lowest BCUT2D eigenvalue weighted by Crippen LogP contribution is -2.60. The smallest absolute Gasteiger partial charge is 0.253 e. The molecule has 0 N–H and O–H groups in total. The minimum Gasteiger partial charge on any atom is -0.335 e. The number of carbonyl (C=O) groups excluding carboxylic acids is 2. The number of likely N-dealkylation sites (tertiary alicyclic amines) is 2. The van der Waals surface area contributed by atoms with Gasteiger partial charge in [0.2, 0.25) is 0 Å². The van der Waals surface area contributed by atoms with Crippen LogP contribution in [0.4, 0.5) is 4.39 Å². The molecule has 0 radical (unpaired) electrons. The molecule has 1 amide bonds. The van der Waals surface area contributed by atoms with Gasteiger partial charge in [-0.3, -0.25) is 14.5 Å². The van der Waals surface area contributed by atoms with E-state index in [-0.39, 0.29) is 23.4 Å². The number of rotatable bonds is 5. The first kappa shape index (κ1) is 20.6. The summed E-state index contributed by atoms with van der Waals surface area (Å²) in [5.41, 5.74) is 3.50. The van der Waals surface area contributed by atoms with Crippen molar-refractivity contribution in [3.63, 3.8) is 0 Å². The van der Waals surface area contributed by atoms with Gasteiger partial charge in [0.1, 0.15) is 5.82 Å². The summed E-state index contributed by atoms with van der Waals surface area (Å²) in [6.07, 6.45) is 0.807. The normalized spacial score (nSPS) is 19.0. The highest BCUT2D eigenvalue weighted by molar-refractivity contribution is 5.98. The second kappa shape index (κ2) is 8.67. The van der Waals surface area contributed by atoms with Gasteiger partial charge in [0.25, 0.3) is 5.91 Å². The van der Waals surface area contributed by atoms with Gasteiger partial charge in [0.15, 0.2) is 5.78 Å². The van der Waals surface area contributed by atoms with Gasteiger partial charge in [-0.2, -0.15) is 0 Å². The number of ketones is 1. The molecule has 5 rings (SSSR count). The molecule has 0 saturated carbocycles. The van der Waals surface area contributed by atoms with Crippen LogP contribution in [0.25, 0.3) is 11.1 Å². The van der Waals surface area contributed by atoms with E-state index < -0.39 is 0 Å². The molecule has 2 saturated heterocycles. The molecular formula is C27H25FN2O2. The molecule has 162 valence electrons. The number of hydrogen-bond donors (Lipinski definition) is 0. The Morgan fingerprint density at radius 1 is 0.750 bits per heavy atom. The third-order valence-electron chi connectivity index (χ3n) is 6.62. The number of amides is 1. The summed E-state index contributed by atoms with van der Waals surface area (Å²) in [4.78, 5) is 29.7. The summed E-state index contributed by atoms with van der Waals surface area (Å²) in [7, 11) is 0. The van der Waals surface area contributed by atoms with Gasteiger partial charge in [0.05, 0.1) is 0 Å². The van der Waals surface area contributed by atoms with Gasteiger partial charge in [-0.15, -0.1) is 0 Å². The van der Waals surface area contributed by atoms with Gasteiger partial charge >= 0.3 is 0 Å². The lowest BCUT2D eigenvalue weighted by molar-refractivity contribution is 0.0322. The molecule has 0 bridgehead atoms. The highest BCUT2D eigenvalue weighted by Gasteiger charge is 2.39. The van der Waals surface area contributed by atoms with E-state index in [1.54, 1.807) is 12.1 Å². The van der Waals surface area contributed by atoms with E-state index in [1.807, 2.05) is 47.4 Å². The maximum Gasteiger partial charge on any atom is 0.253 e. The number of Topliss-reactive ketones (excluding diaryl/α,β-unsaturated/α-hetero) is 1. The molecule has 3 aromatic carbocycles. The van der Waals surface area contributed by atoms with Crippen molar-refractivity contribution in [2.45, 2.75) is 12.5 Å². The molecule has 2 aliphatic heterocycles. The number of hydrogen-bond acceptors (Lipinski definition) is 3. The monoisotopic (exact) mass is 428 g/mol. The van der Waals surface area contributed by atoms with Crippen LogP contribution in [0, 0.1) is 11.7 Å². The van der Waals surface area contributed by atoms with Crippen molar-refractivity contribution < 1.29 is 14.0 Å². The molecular weight excluding hydrogens is 403 g/mol. The lowest BCUT2D eigenvalue weighted by Gasteiger charge is -2.44. The molecule has 32 heavy (non-hydrogen) atoms. The van der Waals surface area contributed by atoms with Crippen molar-refractivity contribution in [1.82, 2.24) is 9.80 Å². The second-order valence-corrected chi connectivity index (χ2v) is 8.66. The van der Waals surface area contributed by atoms with Crippen molar-refractivity contribution in [2.24, 2.45) is 5.92 Å². The van der Waals surface area contributed by atoms with Crippen LogP contribution in [0.3, 0.4) is 0 Å². The molecule has 0 aliphatic carbocycles. The maximum absolute atomic E-state index is 13.1. The topological polar surface area (TPSA) is 40.6 Å². The number of halogens is 1. The van der Waals surface area contributed by atoms with Crippen LogP contribution < -0.4 is 0 Å². The quantitative estimate of drug-likeness (QED) is 0.561. The van der Waals surface area contributed by atoms with Crippen LogP contribution in [0.5, 0.6) is 0 Å². The molecule has 2 heterocycles. The van der Waals surface area contributed by atoms with Gasteiger partial charge in [-0.05, 0) is 60.5 Å². The second-order valence-electron chi connectivity index (χ2n) is 8.66. The van der Waals surface area contributed by atoms with Crippen LogP contribution in [0.1, 0.15) is 27.1 Å². The summed E-state index contributed by atoms with van der Waals surface area (Å²) >= 11 is 0. The molecule has 2 aliphatic rings. The van der Waals surface area contributed by atoms with E-state index in [2.05, 4.69) is 17.0 Å². The van der Waals surface area contributed by atoms with Gasteiger partial charge in [0, 0.05) is 42.7 Å². The van der Waals surface area contributed by atoms with Crippen molar-refractivity contribution in [2.75, 3.05) is 26.2 Å². The Balaban J connectivity index is 1.14. The van der Waals surface area contributed by atoms with Gasteiger partial charge in [-0.1, -0.05) is 42.5 Å². The van der Waals surface area contributed by atoms with Crippen molar-refractivity contribution >= 4 is 11.7 Å². The Bertz CT molecular complexity index is 1110. The molecule has 2 fully saturated rings. The Hall–Kier alpha value is -3.31. The highest BCUT2D eigenvalue weighted by atomic mass is 19.1. The largest absolute Gasteiger partial charge is 0.335 e. The van der Waals surface area contributed by atoms with Crippen LogP contribution >= 0.6 is 0 Å². The van der Waals surface area contributed by atoms with Crippen LogP contribution in [-0.2, 0) is 0 Å². The van der Waals surface area contributed by atoms with Gasteiger partial charge < -0.3 is 4.90 Å². The molecule has 5 heteroatoms. The number of nitrogens with zero attached hydrogens (tertiary/aromatic N) is 2.